The maximum Gasteiger partial charge on any atom is 0.416 e. The SMILES string of the molecule is CC(C)c1ccc(O)c(-c2nc3nc(C#N)nc(NCCC4CCC4)c3n2Cc2ccc(C(F)(F)F)cc2)c1. The second-order valence-corrected chi connectivity index (χ2v) is 10.3. The smallest absolute Gasteiger partial charge is 0.416 e. The molecule has 1 aliphatic carbocycles. The molecule has 0 spiro atoms. The third kappa shape index (κ3) is 5.53. The predicted octanol–water partition coefficient (Wildman–Crippen LogP) is 6.86. The Morgan fingerprint density at radius 2 is 1.85 bits per heavy atom. The van der Waals surface area contributed by atoms with Crippen molar-refractivity contribution < 1.29 is 18.3 Å². The summed E-state index contributed by atoms with van der Waals surface area (Å²) in [5.41, 5.74) is 2.11. The fourth-order valence-electron chi connectivity index (χ4n) is 4.82. The molecule has 0 saturated heterocycles. The highest BCUT2D eigenvalue weighted by Crippen LogP contribution is 2.36. The molecule has 10 heteroatoms. The topological polar surface area (TPSA) is 99.7 Å². The third-order valence-corrected chi connectivity index (χ3v) is 7.32. The van der Waals surface area contributed by atoms with E-state index >= 15 is 0 Å². The van der Waals surface area contributed by atoms with Gasteiger partial charge in [0.15, 0.2) is 11.5 Å². The van der Waals surface area contributed by atoms with Crippen LogP contribution in [0.4, 0.5) is 19.0 Å². The molecule has 0 unspecified atom stereocenters. The van der Waals surface area contributed by atoms with Gasteiger partial charge in [0.2, 0.25) is 5.82 Å². The van der Waals surface area contributed by atoms with Crippen LogP contribution in [0.25, 0.3) is 22.6 Å². The zero-order valence-corrected chi connectivity index (χ0v) is 21.8. The van der Waals surface area contributed by atoms with E-state index in [0.29, 0.717) is 40.7 Å². The zero-order valence-electron chi connectivity index (χ0n) is 21.8. The van der Waals surface area contributed by atoms with Gasteiger partial charge in [-0.3, -0.25) is 0 Å². The Morgan fingerprint density at radius 3 is 2.46 bits per heavy atom. The number of halogens is 3. The van der Waals surface area contributed by atoms with Crippen LogP contribution in [0.5, 0.6) is 5.75 Å². The molecule has 0 amide bonds. The van der Waals surface area contributed by atoms with Crippen LogP contribution in [0.2, 0.25) is 0 Å². The summed E-state index contributed by atoms with van der Waals surface area (Å²) in [6.07, 6.45) is 0.165. The molecule has 0 atom stereocenters. The summed E-state index contributed by atoms with van der Waals surface area (Å²) in [6.45, 7) is 4.88. The molecule has 39 heavy (non-hydrogen) atoms. The van der Waals surface area contributed by atoms with E-state index in [1.807, 2.05) is 32.0 Å². The van der Waals surface area contributed by atoms with Crippen molar-refractivity contribution in [3.8, 4) is 23.2 Å². The van der Waals surface area contributed by atoms with Gasteiger partial charge in [0.05, 0.1) is 11.1 Å². The molecule has 0 radical (unpaired) electrons. The minimum atomic E-state index is -4.44. The number of fused-ring (bicyclic) bond motifs is 1. The fraction of sp³-hybridized carbons (Fsp3) is 0.379. The van der Waals surface area contributed by atoms with Gasteiger partial charge < -0.3 is 15.0 Å². The quantitative estimate of drug-likeness (QED) is 0.256. The molecule has 0 aliphatic heterocycles. The molecule has 1 saturated carbocycles. The monoisotopic (exact) mass is 534 g/mol. The van der Waals surface area contributed by atoms with E-state index in [-0.39, 0.29) is 29.7 Å². The van der Waals surface area contributed by atoms with Crippen molar-refractivity contribution in [1.82, 2.24) is 19.5 Å². The molecule has 1 fully saturated rings. The van der Waals surface area contributed by atoms with Crippen LogP contribution < -0.4 is 5.32 Å². The summed E-state index contributed by atoms with van der Waals surface area (Å²) in [7, 11) is 0. The van der Waals surface area contributed by atoms with E-state index in [9.17, 15) is 23.5 Å². The first kappa shape index (κ1) is 26.5. The summed E-state index contributed by atoms with van der Waals surface area (Å²) in [5, 5.41) is 23.8. The first-order valence-corrected chi connectivity index (χ1v) is 13.1. The molecule has 202 valence electrons. The lowest BCUT2D eigenvalue weighted by Crippen LogP contribution is -2.17. The Morgan fingerprint density at radius 1 is 1.10 bits per heavy atom. The number of nitrogens with zero attached hydrogens (tertiary/aromatic N) is 5. The normalized spacial score (nSPS) is 14.0. The fourth-order valence-corrected chi connectivity index (χ4v) is 4.82. The first-order valence-electron chi connectivity index (χ1n) is 13.1. The van der Waals surface area contributed by atoms with Crippen molar-refractivity contribution in [3.63, 3.8) is 0 Å². The second-order valence-electron chi connectivity index (χ2n) is 10.3. The van der Waals surface area contributed by atoms with Crippen LogP contribution in [-0.2, 0) is 12.7 Å². The van der Waals surface area contributed by atoms with Gasteiger partial charge in [-0.1, -0.05) is 51.3 Å². The maximum atomic E-state index is 13.2. The van der Waals surface area contributed by atoms with Crippen molar-refractivity contribution in [3.05, 3.63) is 65.0 Å². The van der Waals surface area contributed by atoms with Gasteiger partial charge in [0, 0.05) is 13.1 Å². The molecule has 5 rings (SSSR count). The summed E-state index contributed by atoms with van der Waals surface area (Å²) < 4.78 is 41.3. The highest BCUT2D eigenvalue weighted by atomic mass is 19.4. The van der Waals surface area contributed by atoms with Crippen LogP contribution in [0.1, 0.15) is 68.0 Å². The minimum absolute atomic E-state index is 0.0105. The zero-order chi connectivity index (χ0) is 27.7. The Hall–Kier alpha value is -4.13. The van der Waals surface area contributed by atoms with Gasteiger partial charge in [-0.2, -0.15) is 28.4 Å². The van der Waals surface area contributed by atoms with Crippen LogP contribution in [0.3, 0.4) is 0 Å². The molecule has 2 heterocycles. The van der Waals surface area contributed by atoms with Gasteiger partial charge in [-0.15, -0.1) is 0 Å². The molecular formula is C29H29F3N6O. The average Bonchev–Trinajstić information content (AvgIpc) is 3.23. The highest BCUT2D eigenvalue weighted by Gasteiger charge is 2.30. The van der Waals surface area contributed by atoms with Crippen LogP contribution >= 0.6 is 0 Å². The molecule has 2 aromatic heterocycles. The van der Waals surface area contributed by atoms with Crippen LogP contribution in [-0.4, -0.2) is 31.2 Å². The molecule has 7 nitrogen and oxygen atoms in total. The maximum absolute atomic E-state index is 13.2. The van der Waals surface area contributed by atoms with Crippen LogP contribution in [0.15, 0.2) is 42.5 Å². The van der Waals surface area contributed by atoms with Crippen LogP contribution in [0, 0.1) is 17.2 Å². The molecule has 4 aromatic rings. The Labute approximate surface area is 224 Å². The van der Waals surface area contributed by atoms with E-state index < -0.39 is 11.7 Å². The van der Waals surface area contributed by atoms with Gasteiger partial charge in [-0.05, 0) is 53.6 Å². The Kier molecular flexibility index (Phi) is 7.17. The first-order chi connectivity index (χ1) is 18.6. The Bertz CT molecular complexity index is 1530. The second kappa shape index (κ2) is 10.6. The predicted molar refractivity (Wildman–Crippen MR) is 142 cm³/mol. The molecule has 1 aliphatic rings. The number of aromatic nitrogens is 4. The highest BCUT2D eigenvalue weighted by molar-refractivity contribution is 5.88. The number of nitriles is 1. The van der Waals surface area contributed by atoms with Gasteiger partial charge in [0.1, 0.15) is 23.2 Å². The summed E-state index contributed by atoms with van der Waals surface area (Å²) in [6, 6.07) is 12.2. The summed E-state index contributed by atoms with van der Waals surface area (Å²) in [4.78, 5) is 13.5. The standard InChI is InChI=1S/C29H29F3N6O/c1-17(2)20-8-11-23(39)22(14-20)28-37-27-25(38(28)16-19-6-9-21(10-7-19)29(30,31)32)26(35-24(15-33)36-27)34-13-12-18-4-3-5-18/h6-11,14,17-18,39H,3-5,12-13,16H2,1-2H3,(H,34,35,36). The van der Waals surface area contributed by atoms with Gasteiger partial charge in [-0.25, -0.2) is 4.98 Å². The summed E-state index contributed by atoms with van der Waals surface area (Å²) in [5.74, 6) is 1.63. The van der Waals surface area contributed by atoms with Crippen molar-refractivity contribution >= 4 is 17.0 Å². The Balaban J connectivity index is 1.65. The number of aromatic hydroxyl groups is 1. The number of nitrogens with one attached hydrogen (secondary N) is 1. The van der Waals surface area contributed by atoms with Crippen molar-refractivity contribution in [2.24, 2.45) is 5.92 Å². The van der Waals surface area contributed by atoms with E-state index in [1.54, 1.807) is 10.6 Å². The number of phenolic OH excluding ortho intramolecular Hbond substituents is 1. The third-order valence-electron chi connectivity index (χ3n) is 7.32. The van der Waals surface area contributed by atoms with Crippen molar-refractivity contribution in [2.45, 2.75) is 58.2 Å². The number of hydrogen-bond donors (Lipinski definition) is 2. The van der Waals surface area contributed by atoms with Gasteiger partial charge in [0.25, 0.3) is 0 Å². The van der Waals surface area contributed by atoms with E-state index in [2.05, 4.69) is 15.3 Å². The minimum Gasteiger partial charge on any atom is -0.507 e. The lowest BCUT2D eigenvalue weighted by Gasteiger charge is -2.25. The number of alkyl halides is 3. The number of anilines is 1. The average molecular weight is 535 g/mol. The molecular weight excluding hydrogens is 505 g/mol. The largest absolute Gasteiger partial charge is 0.507 e. The van der Waals surface area contributed by atoms with E-state index in [1.165, 1.54) is 31.4 Å². The number of hydrogen-bond acceptors (Lipinski definition) is 6. The van der Waals surface area contributed by atoms with Gasteiger partial charge >= 0.3 is 6.18 Å². The van der Waals surface area contributed by atoms with Crippen molar-refractivity contribution in [1.29, 1.82) is 5.26 Å². The lowest BCUT2D eigenvalue weighted by molar-refractivity contribution is -0.137. The number of phenols is 1. The van der Waals surface area contributed by atoms with E-state index in [0.717, 1.165) is 24.1 Å². The molecule has 2 N–H and O–H groups in total. The number of benzene rings is 2. The lowest BCUT2D eigenvalue weighted by atomic mass is 9.83. The van der Waals surface area contributed by atoms with Crippen molar-refractivity contribution in [2.75, 3.05) is 11.9 Å². The molecule has 2 aromatic carbocycles. The molecule has 0 bridgehead atoms. The number of imidazole rings is 1. The number of rotatable bonds is 8. The summed E-state index contributed by atoms with van der Waals surface area (Å²) >= 11 is 0. The van der Waals surface area contributed by atoms with E-state index in [4.69, 9.17) is 4.98 Å².